The molecule has 1 aromatic heterocycles. The Bertz CT molecular complexity index is 1170. The van der Waals surface area contributed by atoms with E-state index in [1.54, 1.807) is 55.5 Å². The van der Waals surface area contributed by atoms with Gasteiger partial charge in [-0.1, -0.05) is 41.6 Å². The number of halogens is 1. The standard InChI is InChI=1S/C24H22FN3O7/c1-2-32-24(31)17-13-26-27-28(17)21-19(25)20(35-23(30)16-11-7-4-8-12-16)18(34-21)14-33-22(29)15-9-5-3-6-10-15/h3-13,18-21H,2,14H2,1H3. The van der Waals surface area contributed by atoms with E-state index >= 15 is 4.39 Å². The van der Waals surface area contributed by atoms with Crippen LogP contribution >= 0.6 is 0 Å². The summed E-state index contributed by atoms with van der Waals surface area (Å²) in [6.07, 6.45) is -4.98. The number of hydrogen-bond donors (Lipinski definition) is 0. The minimum absolute atomic E-state index is 0.0873. The number of ether oxygens (including phenoxy) is 4. The van der Waals surface area contributed by atoms with Crippen molar-refractivity contribution in [2.45, 2.75) is 31.5 Å². The van der Waals surface area contributed by atoms with Gasteiger partial charge in [0.25, 0.3) is 0 Å². The summed E-state index contributed by atoms with van der Waals surface area (Å²) in [5.74, 6) is -2.22. The highest BCUT2D eigenvalue weighted by molar-refractivity contribution is 5.90. The Labute approximate surface area is 199 Å². The van der Waals surface area contributed by atoms with Gasteiger partial charge in [0.1, 0.15) is 12.7 Å². The van der Waals surface area contributed by atoms with E-state index in [1.165, 1.54) is 12.1 Å². The average Bonchev–Trinajstić information content (AvgIpc) is 3.49. The number of alkyl halides is 1. The van der Waals surface area contributed by atoms with Gasteiger partial charge in [0.15, 0.2) is 24.2 Å². The summed E-state index contributed by atoms with van der Waals surface area (Å²) in [5, 5.41) is 7.40. The highest BCUT2D eigenvalue weighted by Gasteiger charge is 2.50. The Morgan fingerprint density at radius 2 is 1.57 bits per heavy atom. The Morgan fingerprint density at radius 3 is 2.20 bits per heavy atom. The van der Waals surface area contributed by atoms with Crippen LogP contribution in [0.5, 0.6) is 0 Å². The van der Waals surface area contributed by atoms with Gasteiger partial charge in [-0.3, -0.25) is 0 Å². The van der Waals surface area contributed by atoms with Gasteiger partial charge in [0.05, 0.1) is 23.9 Å². The largest absolute Gasteiger partial charge is 0.461 e. The lowest BCUT2D eigenvalue weighted by atomic mass is 10.1. The molecule has 0 aliphatic carbocycles. The number of hydrogen-bond acceptors (Lipinski definition) is 9. The summed E-state index contributed by atoms with van der Waals surface area (Å²) >= 11 is 0. The lowest BCUT2D eigenvalue weighted by Crippen LogP contribution is -2.37. The highest BCUT2D eigenvalue weighted by atomic mass is 19.1. The van der Waals surface area contributed by atoms with Gasteiger partial charge >= 0.3 is 17.9 Å². The Hall–Kier alpha value is -4.12. The molecule has 0 bridgehead atoms. The van der Waals surface area contributed by atoms with Gasteiger partial charge in [0.2, 0.25) is 0 Å². The minimum atomic E-state index is -1.96. The fraction of sp³-hybridized carbons (Fsp3) is 0.292. The monoisotopic (exact) mass is 483 g/mol. The summed E-state index contributed by atoms with van der Waals surface area (Å²) in [4.78, 5) is 37.3. The third kappa shape index (κ3) is 5.35. The van der Waals surface area contributed by atoms with Crippen molar-refractivity contribution in [2.24, 2.45) is 0 Å². The molecule has 4 unspecified atom stereocenters. The van der Waals surface area contributed by atoms with Gasteiger partial charge < -0.3 is 18.9 Å². The Balaban J connectivity index is 1.56. The fourth-order valence-electron chi connectivity index (χ4n) is 3.53. The first-order valence-electron chi connectivity index (χ1n) is 10.8. The van der Waals surface area contributed by atoms with Crippen molar-refractivity contribution < 1.29 is 37.7 Å². The summed E-state index contributed by atoms with van der Waals surface area (Å²) in [7, 11) is 0. The molecule has 4 atom stereocenters. The number of aromatic nitrogens is 3. The van der Waals surface area contributed by atoms with Crippen molar-refractivity contribution in [2.75, 3.05) is 13.2 Å². The van der Waals surface area contributed by atoms with Crippen LogP contribution < -0.4 is 0 Å². The fourth-order valence-corrected chi connectivity index (χ4v) is 3.53. The summed E-state index contributed by atoms with van der Waals surface area (Å²) in [6, 6.07) is 16.2. The third-order valence-electron chi connectivity index (χ3n) is 5.21. The van der Waals surface area contributed by atoms with Crippen LogP contribution in [0.4, 0.5) is 4.39 Å². The second-order valence-corrected chi connectivity index (χ2v) is 7.49. The van der Waals surface area contributed by atoms with E-state index in [9.17, 15) is 14.4 Å². The normalized spacial score (nSPS) is 21.3. The quantitative estimate of drug-likeness (QED) is 0.352. The highest BCUT2D eigenvalue weighted by Crippen LogP contribution is 2.35. The molecule has 3 aromatic rings. The van der Waals surface area contributed by atoms with Gasteiger partial charge in [-0.2, -0.15) is 0 Å². The first-order valence-corrected chi connectivity index (χ1v) is 10.8. The van der Waals surface area contributed by atoms with Crippen molar-refractivity contribution in [1.29, 1.82) is 0 Å². The van der Waals surface area contributed by atoms with Crippen LogP contribution in [-0.4, -0.2) is 64.5 Å². The maximum Gasteiger partial charge on any atom is 0.358 e. The lowest BCUT2D eigenvalue weighted by Gasteiger charge is -2.19. The zero-order valence-electron chi connectivity index (χ0n) is 18.7. The summed E-state index contributed by atoms with van der Waals surface area (Å²) < 4.78 is 38.0. The number of nitrogens with zero attached hydrogens (tertiary/aromatic N) is 3. The molecule has 1 aliphatic rings. The molecular formula is C24H22FN3O7. The first kappa shape index (κ1) is 24.0. The smallest absolute Gasteiger partial charge is 0.358 e. The molecule has 0 N–H and O–H groups in total. The van der Waals surface area contributed by atoms with E-state index in [4.69, 9.17) is 18.9 Å². The molecule has 10 nitrogen and oxygen atoms in total. The third-order valence-corrected chi connectivity index (χ3v) is 5.21. The van der Waals surface area contributed by atoms with Crippen LogP contribution in [0.25, 0.3) is 0 Å². The van der Waals surface area contributed by atoms with Crippen LogP contribution in [0, 0.1) is 0 Å². The van der Waals surface area contributed by atoms with Crippen LogP contribution in [0.2, 0.25) is 0 Å². The Morgan fingerprint density at radius 1 is 0.943 bits per heavy atom. The first-order chi connectivity index (χ1) is 17.0. The summed E-state index contributed by atoms with van der Waals surface area (Å²) in [5.41, 5.74) is 0.350. The van der Waals surface area contributed by atoms with E-state index in [2.05, 4.69) is 10.3 Å². The van der Waals surface area contributed by atoms with Gasteiger partial charge in [-0.25, -0.2) is 23.5 Å². The van der Waals surface area contributed by atoms with Crippen LogP contribution in [0.15, 0.2) is 66.9 Å². The van der Waals surface area contributed by atoms with E-state index < -0.39 is 49.1 Å². The van der Waals surface area contributed by atoms with Crippen molar-refractivity contribution in [3.8, 4) is 0 Å². The number of rotatable bonds is 8. The second-order valence-electron chi connectivity index (χ2n) is 7.49. The zero-order valence-corrected chi connectivity index (χ0v) is 18.7. The predicted molar refractivity (Wildman–Crippen MR) is 117 cm³/mol. The molecule has 4 rings (SSSR count). The molecule has 35 heavy (non-hydrogen) atoms. The van der Waals surface area contributed by atoms with Crippen molar-refractivity contribution in [1.82, 2.24) is 15.0 Å². The molecule has 1 saturated heterocycles. The average molecular weight is 483 g/mol. The van der Waals surface area contributed by atoms with E-state index in [0.29, 0.717) is 0 Å². The molecule has 1 aliphatic heterocycles. The minimum Gasteiger partial charge on any atom is -0.461 e. The molecule has 1 fully saturated rings. The zero-order chi connectivity index (χ0) is 24.8. The topological polar surface area (TPSA) is 119 Å². The molecular weight excluding hydrogens is 461 g/mol. The van der Waals surface area contributed by atoms with E-state index in [1.807, 2.05) is 0 Å². The number of benzene rings is 2. The molecule has 2 aromatic carbocycles. The molecule has 0 radical (unpaired) electrons. The summed E-state index contributed by atoms with van der Waals surface area (Å²) in [6.45, 7) is 1.29. The molecule has 2 heterocycles. The number of carbonyl (C=O) groups is 3. The maximum atomic E-state index is 15.6. The molecule has 0 amide bonds. The molecule has 182 valence electrons. The van der Waals surface area contributed by atoms with Gasteiger partial charge in [0, 0.05) is 0 Å². The second kappa shape index (κ2) is 10.9. The van der Waals surface area contributed by atoms with Gasteiger partial charge in [-0.15, -0.1) is 5.10 Å². The molecule has 0 spiro atoms. The SMILES string of the molecule is CCOC(=O)c1cnnn1C1OC(COC(=O)c2ccccc2)C(OC(=O)c2ccccc2)C1F. The maximum absolute atomic E-state index is 15.6. The molecule has 11 heteroatoms. The van der Waals surface area contributed by atoms with Crippen molar-refractivity contribution in [3.05, 3.63) is 83.7 Å². The van der Waals surface area contributed by atoms with Crippen LogP contribution in [-0.2, 0) is 18.9 Å². The van der Waals surface area contributed by atoms with Crippen molar-refractivity contribution in [3.63, 3.8) is 0 Å². The van der Waals surface area contributed by atoms with E-state index in [-0.39, 0.29) is 23.4 Å². The molecule has 0 saturated carbocycles. The van der Waals surface area contributed by atoms with Crippen molar-refractivity contribution >= 4 is 17.9 Å². The lowest BCUT2D eigenvalue weighted by molar-refractivity contribution is -0.0626. The Kier molecular flexibility index (Phi) is 7.46. The van der Waals surface area contributed by atoms with Gasteiger partial charge in [-0.05, 0) is 31.2 Å². The van der Waals surface area contributed by atoms with Crippen LogP contribution in [0.1, 0.15) is 44.4 Å². The van der Waals surface area contributed by atoms with Crippen LogP contribution in [0.3, 0.4) is 0 Å². The van der Waals surface area contributed by atoms with E-state index in [0.717, 1.165) is 10.9 Å². The number of esters is 3. The predicted octanol–water partition coefficient (Wildman–Crippen LogP) is 2.77. The number of carbonyl (C=O) groups excluding carboxylic acids is 3.